The quantitative estimate of drug-likeness (QED) is 0.801. The lowest BCUT2D eigenvalue weighted by Crippen LogP contribution is -2.14. The van der Waals surface area contributed by atoms with Crippen molar-refractivity contribution < 1.29 is 4.79 Å². The molecule has 0 spiro atoms. The van der Waals surface area contributed by atoms with Crippen LogP contribution in [-0.4, -0.2) is 23.9 Å². The molecule has 1 aromatic heterocycles. The molecule has 1 aromatic rings. The van der Waals surface area contributed by atoms with Gasteiger partial charge in [0.2, 0.25) is 0 Å². The van der Waals surface area contributed by atoms with E-state index in [4.69, 9.17) is 0 Å². The van der Waals surface area contributed by atoms with E-state index < -0.39 is 0 Å². The number of hydrogen-bond acceptors (Lipinski definition) is 3. The topological polar surface area (TPSA) is 42.0 Å². The molecular weight excluding hydrogens is 188 g/mol. The Labute approximate surface area is 89.9 Å². The van der Waals surface area contributed by atoms with Crippen LogP contribution < -0.4 is 5.32 Å². The summed E-state index contributed by atoms with van der Waals surface area (Å²) in [6, 6.07) is 5.70. The minimum atomic E-state index is 0.308. The Morgan fingerprint density at radius 1 is 1.53 bits per heavy atom. The second-order valence-electron chi connectivity index (χ2n) is 4.10. The Morgan fingerprint density at radius 2 is 2.47 bits per heavy atom. The number of carbonyl (C=O) groups is 1. The molecule has 3 heteroatoms. The fraction of sp³-hybridized carbons (Fsp3) is 0.500. The van der Waals surface area contributed by atoms with Crippen molar-refractivity contribution >= 4 is 5.78 Å². The number of hydrogen-bond donors (Lipinski definition) is 1. The van der Waals surface area contributed by atoms with E-state index in [2.05, 4.69) is 10.3 Å². The van der Waals surface area contributed by atoms with Gasteiger partial charge in [-0.15, -0.1) is 0 Å². The first kappa shape index (κ1) is 10.3. The van der Waals surface area contributed by atoms with Gasteiger partial charge in [-0.2, -0.15) is 0 Å². The molecule has 1 aliphatic heterocycles. The van der Waals surface area contributed by atoms with Gasteiger partial charge in [0.1, 0.15) is 5.78 Å². The van der Waals surface area contributed by atoms with Crippen molar-refractivity contribution in [2.24, 2.45) is 5.92 Å². The number of Topliss-reactive ketones (excluding diaryl/α,β-unsaturated/α-hetero) is 1. The monoisotopic (exact) mass is 204 g/mol. The summed E-state index contributed by atoms with van der Waals surface area (Å²) in [6.45, 7) is 2.05. The first-order chi connectivity index (χ1) is 7.34. The summed E-state index contributed by atoms with van der Waals surface area (Å²) in [5.74, 6) is 0.851. The normalized spacial score (nSPS) is 20.4. The van der Waals surface area contributed by atoms with E-state index in [-0.39, 0.29) is 0 Å². The molecule has 1 aliphatic rings. The third-order valence-electron chi connectivity index (χ3n) is 2.78. The molecule has 1 N–H and O–H groups in total. The van der Waals surface area contributed by atoms with Gasteiger partial charge < -0.3 is 5.32 Å². The van der Waals surface area contributed by atoms with Gasteiger partial charge in [0, 0.05) is 24.7 Å². The maximum Gasteiger partial charge on any atom is 0.139 e. The van der Waals surface area contributed by atoms with E-state index in [1.54, 1.807) is 6.20 Å². The lowest BCUT2D eigenvalue weighted by molar-refractivity contribution is -0.119. The van der Waals surface area contributed by atoms with Gasteiger partial charge in [0.15, 0.2) is 0 Å². The number of carbonyl (C=O) groups excluding carboxylic acids is 1. The van der Waals surface area contributed by atoms with E-state index in [1.165, 1.54) is 0 Å². The smallest absolute Gasteiger partial charge is 0.139 e. The Kier molecular flexibility index (Phi) is 3.45. The van der Waals surface area contributed by atoms with Crippen molar-refractivity contribution in [3.8, 4) is 0 Å². The van der Waals surface area contributed by atoms with Crippen LogP contribution in [0.2, 0.25) is 0 Å². The molecular formula is C12H16N2O. The van der Waals surface area contributed by atoms with Gasteiger partial charge in [-0.1, -0.05) is 6.07 Å². The minimum Gasteiger partial charge on any atom is -0.316 e. The second-order valence-corrected chi connectivity index (χ2v) is 4.10. The molecule has 1 unspecified atom stereocenters. The SMILES string of the molecule is O=C(Cc1ccccn1)CC1CCNC1. The van der Waals surface area contributed by atoms with Crippen molar-refractivity contribution in [3.63, 3.8) is 0 Å². The first-order valence-corrected chi connectivity index (χ1v) is 5.47. The molecule has 0 aliphatic carbocycles. The molecule has 1 atom stereocenters. The lowest BCUT2D eigenvalue weighted by Gasteiger charge is -2.06. The highest BCUT2D eigenvalue weighted by Gasteiger charge is 2.18. The second kappa shape index (κ2) is 5.03. The molecule has 1 saturated heterocycles. The molecule has 2 heterocycles. The molecule has 80 valence electrons. The van der Waals surface area contributed by atoms with Gasteiger partial charge >= 0.3 is 0 Å². The van der Waals surface area contributed by atoms with Crippen molar-refractivity contribution in [1.82, 2.24) is 10.3 Å². The van der Waals surface area contributed by atoms with Crippen molar-refractivity contribution in [2.75, 3.05) is 13.1 Å². The van der Waals surface area contributed by atoms with E-state index in [9.17, 15) is 4.79 Å². The zero-order valence-electron chi connectivity index (χ0n) is 8.78. The fourth-order valence-electron chi connectivity index (χ4n) is 1.99. The van der Waals surface area contributed by atoms with Gasteiger partial charge in [-0.3, -0.25) is 9.78 Å². The largest absolute Gasteiger partial charge is 0.316 e. The summed E-state index contributed by atoms with van der Waals surface area (Å²) in [7, 11) is 0. The number of pyridine rings is 1. The highest BCUT2D eigenvalue weighted by atomic mass is 16.1. The van der Waals surface area contributed by atoms with Crippen LogP contribution in [0.3, 0.4) is 0 Å². The van der Waals surface area contributed by atoms with Crippen LogP contribution >= 0.6 is 0 Å². The van der Waals surface area contributed by atoms with Crippen molar-refractivity contribution in [2.45, 2.75) is 19.3 Å². The molecule has 0 saturated carbocycles. The third kappa shape index (κ3) is 3.13. The fourth-order valence-corrected chi connectivity index (χ4v) is 1.99. The number of aromatic nitrogens is 1. The van der Waals surface area contributed by atoms with Crippen LogP contribution in [0.4, 0.5) is 0 Å². The average molecular weight is 204 g/mol. The van der Waals surface area contributed by atoms with Crippen LogP contribution in [0.25, 0.3) is 0 Å². The molecule has 15 heavy (non-hydrogen) atoms. The maximum atomic E-state index is 11.7. The molecule has 0 radical (unpaired) electrons. The molecule has 0 aromatic carbocycles. The number of rotatable bonds is 4. The van der Waals surface area contributed by atoms with Gasteiger partial charge in [0.05, 0.1) is 0 Å². The zero-order chi connectivity index (χ0) is 10.5. The Hall–Kier alpha value is -1.22. The predicted octanol–water partition coefficient (Wildman–Crippen LogP) is 1.19. The molecule has 0 bridgehead atoms. The van der Waals surface area contributed by atoms with Gasteiger partial charge in [-0.25, -0.2) is 0 Å². The summed E-state index contributed by atoms with van der Waals surface area (Å²) >= 11 is 0. The summed E-state index contributed by atoms with van der Waals surface area (Å²) in [5, 5.41) is 3.27. The van der Waals surface area contributed by atoms with Crippen LogP contribution in [0.15, 0.2) is 24.4 Å². The highest BCUT2D eigenvalue weighted by molar-refractivity contribution is 5.80. The van der Waals surface area contributed by atoms with Crippen molar-refractivity contribution in [3.05, 3.63) is 30.1 Å². The molecule has 1 fully saturated rings. The predicted molar refractivity (Wildman–Crippen MR) is 58.5 cm³/mol. The first-order valence-electron chi connectivity index (χ1n) is 5.47. The number of ketones is 1. The van der Waals surface area contributed by atoms with E-state index in [1.807, 2.05) is 18.2 Å². The Morgan fingerprint density at radius 3 is 3.13 bits per heavy atom. The summed E-state index contributed by atoms with van der Waals surface area (Å²) in [4.78, 5) is 15.9. The Balaban J connectivity index is 1.82. The number of nitrogens with zero attached hydrogens (tertiary/aromatic N) is 1. The van der Waals surface area contributed by atoms with E-state index >= 15 is 0 Å². The molecule has 2 rings (SSSR count). The third-order valence-corrected chi connectivity index (χ3v) is 2.78. The maximum absolute atomic E-state index is 11.7. The standard InChI is InChI=1S/C12H16N2O/c15-12(7-10-4-6-13-9-10)8-11-3-1-2-5-14-11/h1-3,5,10,13H,4,6-9H2. The molecule has 3 nitrogen and oxygen atoms in total. The molecule has 0 amide bonds. The van der Waals surface area contributed by atoms with E-state index in [0.717, 1.165) is 25.2 Å². The lowest BCUT2D eigenvalue weighted by atomic mass is 9.99. The summed E-state index contributed by atoms with van der Waals surface area (Å²) < 4.78 is 0. The summed E-state index contributed by atoms with van der Waals surface area (Å²) in [5.41, 5.74) is 0.883. The average Bonchev–Trinajstić information content (AvgIpc) is 2.71. The number of nitrogens with one attached hydrogen (secondary N) is 1. The van der Waals surface area contributed by atoms with Crippen molar-refractivity contribution in [1.29, 1.82) is 0 Å². The Bertz CT molecular complexity index is 318. The van der Waals surface area contributed by atoms with Crippen LogP contribution in [0, 0.1) is 5.92 Å². The van der Waals surface area contributed by atoms with E-state index in [0.29, 0.717) is 24.5 Å². The minimum absolute atomic E-state index is 0.308. The van der Waals surface area contributed by atoms with Gasteiger partial charge in [0.25, 0.3) is 0 Å². The van der Waals surface area contributed by atoms with Gasteiger partial charge in [-0.05, 0) is 37.6 Å². The summed E-state index contributed by atoms with van der Waals surface area (Å²) in [6.07, 6.45) is 4.05. The van der Waals surface area contributed by atoms with Crippen LogP contribution in [0.1, 0.15) is 18.5 Å². The van der Waals surface area contributed by atoms with Crippen LogP contribution in [0.5, 0.6) is 0 Å². The van der Waals surface area contributed by atoms with Crippen LogP contribution in [-0.2, 0) is 11.2 Å². The zero-order valence-corrected chi connectivity index (χ0v) is 8.78. The highest BCUT2D eigenvalue weighted by Crippen LogP contribution is 2.13.